The Morgan fingerprint density at radius 1 is 1.50 bits per heavy atom. The largest absolute Gasteiger partial charge is 0.397 e. The lowest BCUT2D eigenvalue weighted by molar-refractivity contribution is 0.0963. The van der Waals surface area contributed by atoms with Crippen molar-refractivity contribution in [1.82, 2.24) is 5.32 Å². The standard InChI is InChI=1S/C13H19N3O2/c1-15-12(18)9-2-3-11(10(14)6-9)16-7-13(8-17)4-5-13/h2-3,6,16-17H,4-5,7-8,14H2,1H3,(H,15,18). The maximum Gasteiger partial charge on any atom is 0.251 e. The minimum atomic E-state index is -0.151. The average Bonchev–Trinajstić information content (AvgIpc) is 3.17. The summed E-state index contributed by atoms with van der Waals surface area (Å²) in [6, 6.07) is 5.18. The Hall–Kier alpha value is -1.75. The molecule has 0 heterocycles. The lowest BCUT2D eigenvalue weighted by Gasteiger charge is -2.15. The lowest BCUT2D eigenvalue weighted by atomic mass is 10.1. The van der Waals surface area contributed by atoms with E-state index in [-0.39, 0.29) is 17.9 Å². The summed E-state index contributed by atoms with van der Waals surface area (Å²) in [5.41, 5.74) is 7.83. The first-order valence-electron chi connectivity index (χ1n) is 6.06. The Morgan fingerprint density at radius 3 is 2.72 bits per heavy atom. The topological polar surface area (TPSA) is 87.4 Å². The molecule has 1 fully saturated rings. The van der Waals surface area contributed by atoms with Gasteiger partial charge in [0, 0.05) is 24.6 Å². The van der Waals surface area contributed by atoms with Crippen LogP contribution in [0.25, 0.3) is 0 Å². The number of nitrogen functional groups attached to an aromatic ring is 1. The molecule has 0 aliphatic heterocycles. The van der Waals surface area contributed by atoms with Crippen LogP contribution in [-0.2, 0) is 0 Å². The highest BCUT2D eigenvalue weighted by Crippen LogP contribution is 2.45. The van der Waals surface area contributed by atoms with Crippen LogP contribution in [0.2, 0.25) is 0 Å². The third-order valence-corrected chi connectivity index (χ3v) is 3.49. The van der Waals surface area contributed by atoms with Crippen LogP contribution in [0.15, 0.2) is 18.2 Å². The van der Waals surface area contributed by atoms with Crippen molar-refractivity contribution in [3.63, 3.8) is 0 Å². The molecule has 2 rings (SSSR count). The van der Waals surface area contributed by atoms with Gasteiger partial charge in [0.25, 0.3) is 5.91 Å². The maximum atomic E-state index is 11.4. The van der Waals surface area contributed by atoms with Crippen LogP contribution in [0.4, 0.5) is 11.4 Å². The van der Waals surface area contributed by atoms with Gasteiger partial charge < -0.3 is 21.5 Å². The summed E-state index contributed by atoms with van der Waals surface area (Å²) in [6.45, 7) is 0.920. The van der Waals surface area contributed by atoms with Gasteiger partial charge in [0.2, 0.25) is 0 Å². The molecule has 5 N–H and O–H groups in total. The Kier molecular flexibility index (Phi) is 3.43. The Labute approximate surface area is 106 Å². The van der Waals surface area contributed by atoms with Gasteiger partial charge in [0.05, 0.1) is 18.0 Å². The lowest BCUT2D eigenvalue weighted by Crippen LogP contribution is -2.20. The molecule has 1 aliphatic rings. The predicted octanol–water partition coefficient (Wildman–Crippen LogP) is 0.813. The number of carbonyl (C=O) groups excluding carboxylic acids is 1. The van der Waals surface area contributed by atoms with E-state index in [0.29, 0.717) is 17.8 Å². The molecule has 0 saturated heterocycles. The van der Waals surface area contributed by atoms with E-state index in [1.165, 1.54) is 0 Å². The third kappa shape index (κ3) is 2.56. The van der Waals surface area contributed by atoms with Crippen molar-refractivity contribution in [3.05, 3.63) is 23.8 Å². The van der Waals surface area contributed by atoms with Crippen LogP contribution in [-0.4, -0.2) is 31.2 Å². The fraction of sp³-hybridized carbons (Fsp3) is 0.462. The molecule has 5 nitrogen and oxygen atoms in total. The van der Waals surface area contributed by atoms with Crippen LogP contribution in [0.3, 0.4) is 0 Å². The molecule has 1 amide bonds. The molecule has 5 heteroatoms. The van der Waals surface area contributed by atoms with Crippen LogP contribution in [0, 0.1) is 5.41 Å². The number of anilines is 2. The molecule has 1 aromatic rings. The van der Waals surface area contributed by atoms with E-state index in [9.17, 15) is 9.90 Å². The fourth-order valence-electron chi connectivity index (χ4n) is 1.86. The van der Waals surface area contributed by atoms with E-state index in [0.717, 1.165) is 18.5 Å². The van der Waals surface area contributed by atoms with Crippen molar-refractivity contribution in [2.24, 2.45) is 5.41 Å². The maximum absolute atomic E-state index is 11.4. The summed E-state index contributed by atoms with van der Waals surface area (Å²) >= 11 is 0. The van der Waals surface area contributed by atoms with Crippen molar-refractivity contribution in [2.75, 3.05) is 31.2 Å². The molecule has 0 spiro atoms. The quantitative estimate of drug-likeness (QED) is 0.582. The van der Waals surface area contributed by atoms with Gasteiger partial charge >= 0.3 is 0 Å². The molecule has 0 aromatic heterocycles. The van der Waals surface area contributed by atoms with E-state index in [1.807, 2.05) is 0 Å². The minimum Gasteiger partial charge on any atom is -0.397 e. The van der Waals surface area contributed by atoms with Crippen molar-refractivity contribution in [3.8, 4) is 0 Å². The second kappa shape index (κ2) is 4.86. The van der Waals surface area contributed by atoms with Gasteiger partial charge in [-0.05, 0) is 31.0 Å². The fourth-order valence-corrected chi connectivity index (χ4v) is 1.86. The van der Waals surface area contributed by atoms with Gasteiger partial charge in [-0.3, -0.25) is 4.79 Å². The summed E-state index contributed by atoms with van der Waals surface area (Å²) in [6.07, 6.45) is 2.10. The average molecular weight is 249 g/mol. The number of carbonyl (C=O) groups is 1. The predicted molar refractivity (Wildman–Crippen MR) is 71.5 cm³/mol. The molecule has 1 aliphatic carbocycles. The summed E-state index contributed by atoms with van der Waals surface area (Å²) in [5, 5.41) is 15.0. The van der Waals surface area contributed by atoms with Crippen molar-refractivity contribution in [2.45, 2.75) is 12.8 Å². The number of rotatable bonds is 5. The third-order valence-electron chi connectivity index (χ3n) is 3.49. The van der Waals surface area contributed by atoms with Crippen molar-refractivity contribution in [1.29, 1.82) is 0 Å². The molecule has 0 unspecified atom stereocenters. The molecular formula is C13H19N3O2. The van der Waals surface area contributed by atoms with Gasteiger partial charge in [-0.25, -0.2) is 0 Å². The highest BCUT2D eigenvalue weighted by molar-refractivity contribution is 5.95. The van der Waals surface area contributed by atoms with Crippen LogP contribution in [0.1, 0.15) is 23.2 Å². The highest BCUT2D eigenvalue weighted by Gasteiger charge is 2.41. The van der Waals surface area contributed by atoms with E-state index < -0.39 is 0 Å². The molecule has 0 bridgehead atoms. The van der Waals surface area contributed by atoms with Crippen LogP contribution < -0.4 is 16.4 Å². The van der Waals surface area contributed by atoms with E-state index in [4.69, 9.17) is 5.73 Å². The normalized spacial score (nSPS) is 16.1. The Balaban J connectivity index is 2.03. The molecule has 1 aromatic carbocycles. The number of nitrogens with one attached hydrogen (secondary N) is 2. The molecule has 98 valence electrons. The zero-order valence-corrected chi connectivity index (χ0v) is 10.5. The summed E-state index contributed by atoms with van der Waals surface area (Å²) in [7, 11) is 1.59. The zero-order chi connectivity index (χ0) is 13.2. The Bertz CT molecular complexity index is 456. The highest BCUT2D eigenvalue weighted by atomic mass is 16.3. The first-order chi connectivity index (χ1) is 8.60. The second-order valence-electron chi connectivity index (χ2n) is 4.89. The number of nitrogens with two attached hydrogens (primary N) is 1. The SMILES string of the molecule is CNC(=O)c1ccc(NCC2(CO)CC2)c(N)c1. The summed E-state index contributed by atoms with van der Waals surface area (Å²) in [4.78, 5) is 11.4. The number of benzene rings is 1. The van der Waals surface area contributed by atoms with Gasteiger partial charge in [0.1, 0.15) is 0 Å². The molecule has 0 radical (unpaired) electrons. The first-order valence-corrected chi connectivity index (χ1v) is 6.06. The van der Waals surface area contributed by atoms with Gasteiger partial charge in [-0.15, -0.1) is 0 Å². The number of hydrogen-bond donors (Lipinski definition) is 4. The summed E-state index contributed by atoms with van der Waals surface area (Å²) in [5.74, 6) is -0.151. The van der Waals surface area contributed by atoms with E-state index in [2.05, 4.69) is 10.6 Å². The number of hydrogen-bond acceptors (Lipinski definition) is 4. The van der Waals surface area contributed by atoms with Crippen LogP contribution in [0.5, 0.6) is 0 Å². The molecular weight excluding hydrogens is 230 g/mol. The monoisotopic (exact) mass is 249 g/mol. The van der Waals surface area contributed by atoms with E-state index in [1.54, 1.807) is 25.2 Å². The van der Waals surface area contributed by atoms with Gasteiger partial charge in [-0.1, -0.05) is 0 Å². The number of aliphatic hydroxyl groups excluding tert-OH is 1. The van der Waals surface area contributed by atoms with Crippen molar-refractivity contribution >= 4 is 17.3 Å². The van der Waals surface area contributed by atoms with Crippen LogP contribution >= 0.6 is 0 Å². The minimum absolute atomic E-state index is 0.0336. The van der Waals surface area contributed by atoms with Crippen molar-refractivity contribution < 1.29 is 9.90 Å². The smallest absolute Gasteiger partial charge is 0.251 e. The second-order valence-corrected chi connectivity index (χ2v) is 4.89. The number of amides is 1. The van der Waals surface area contributed by atoms with E-state index >= 15 is 0 Å². The molecule has 18 heavy (non-hydrogen) atoms. The molecule has 1 saturated carbocycles. The summed E-state index contributed by atoms with van der Waals surface area (Å²) < 4.78 is 0. The Morgan fingerprint density at radius 2 is 2.22 bits per heavy atom. The van der Waals surface area contributed by atoms with Gasteiger partial charge in [-0.2, -0.15) is 0 Å². The molecule has 0 atom stereocenters. The number of aliphatic hydroxyl groups is 1. The zero-order valence-electron chi connectivity index (χ0n) is 10.5. The van der Waals surface area contributed by atoms with Gasteiger partial charge in [0.15, 0.2) is 0 Å². The first kappa shape index (κ1) is 12.7.